The van der Waals surface area contributed by atoms with E-state index < -0.39 is 5.67 Å². The summed E-state index contributed by atoms with van der Waals surface area (Å²) in [5, 5.41) is 17.8. The molecule has 9 heteroatoms. The Balaban J connectivity index is 1.62. The first-order valence-corrected chi connectivity index (χ1v) is 9.24. The number of hydrogen-bond donors (Lipinski definition) is 0. The Hall–Kier alpha value is -2.92. The number of aryl methyl sites for hydroxylation is 2. The van der Waals surface area contributed by atoms with E-state index in [0.717, 1.165) is 0 Å². The molecule has 1 aromatic carbocycles. The minimum atomic E-state index is -1.54. The van der Waals surface area contributed by atoms with Gasteiger partial charge in [0.05, 0.1) is 22.5 Å². The Labute approximate surface area is 166 Å². The first-order chi connectivity index (χ1) is 13.4. The molecule has 0 unspecified atom stereocenters. The molecule has 1 aliphatic rings. The summed E-state index contributed by atoms with van der Waals surface area (Å²) in [5.74, 6) is 1.41. The Kier molecular flexibility index (Phi) is 4.55. The summed E-state index contributed by atoms with van der Waals surface area (Å²) in [6.07, 6.45) is 3.58. The zero-order valence-electron chi connectivity index (χ0n) is 15.5. The van der Waals surface area contributed by atoms with Gasteiger partial charge in [-0.2, -0.15) is 5.26 Å². The molecular formula is C19H18ClFN6O. The van der Waals surface area contributed by atoms with Crippen molar-refractivity contribution in [3.63, 3.8) is 0 Å². The van der Waals surface area contributed by atoms with E-state index in [2.05, 4.69) is 21.3 Å². The number of halogens is 2. The fourth-order valence-electron chi connectivity index (χ4n) is 3.64. The summed E-state index contributed by atoms with van der Waals surface area (Å²) in [5.41, 5.74) is 0.172. The maximum atomic E-state index is 15.4. The number of benzene rings is 1. The molecule has 144 valence electrons. The molecule has 0 amide bonds. The normalized spacial score (nSPS) is 16.2. The van der Waals surface area contributed by atoms with Crippen molar-refractivity contribution < 1.29 is 8.81 Å². The van der Waals surface area contributed by atoms with E-state index in [1.54, 1.807) is 36.9 Å². The van der Waals surface area contributed by atoms with Gasteiger partial charge in [0.1, 0.15) is 12.4 Å². The van der Waals surface area contributed by atoms with E-state index in [1.807, 2.05) is 4.90 Å². The van der Waals surface area contributed by atoms with E-state index >= 15 is 4.39 Å². The monoisotopic (exact) mass is 400 g/mol. The fraction of sp³-hybridized carbons (Fsp3) is 0.368. The number of oxazole rings is 1. The maximum Gasteiger partial charge on any atom is 0.191 e. The molecule has 0 aliphatic carbocycles. The lowest BCUT2D eigenvalue weighted by Crippen LogP contribution is -2.42. The molecule has 0 spiro atoms. The van der Waals surface area contributed by atoms with Gasteiger partial charge in [-0.05, 0) is 12.1 Å². The van der Waals surface area contributed by atoms with Crippen LogP contribution in [0.3, 0.4) is 0 Å². The van der Waals surface area contributed by atoms with Crippen LogP contribution in [0.1, 0.15) is 30.1 Å². The molecule has 0 saturated carbocycles. The molecule has 2 aromatic heterocycles. The number of nitriles is 1. The van der Waals surface area contributed by atoms with Crippen LogP contribution in [0.5, 0.6) is 0 Å². The van der Waals surface area contributed by atoms with E-state index in [1.165, 1.54) is 6.33 Å². The van der Waals surface area contributed by atoms with Crippen molar-refractivity contribution in [3.05, 3.63) is 47.0 Å². The average Bonchev–Trinajstić information content (AvgIpc) is 3.31. The minimum absolute atomic E-state index is 0.240. The largest absolute Gasteiger partial charge is 0.441 e. The van der Waals surface area contributed by atoms with Gasteiger partial charge in [0.25, 0.3) is 0 Å². The van der Waals surface area contributed by atoms with E-state index in [0.29, 0.717) is 52.4 Å². The van der Waals surface area contributed by atoms with E-state index in [9.17, 15) is 5.26 Å². The lowest BCUT2D eigenvalue weighted by atomic mass is 9.91. The van der Waals surface area contributed by atoms with Gasteiger partial charge in [-0.25, -0.2) is 9.37 Å². The smallest absolute Gasteiger partial charge is 0.191 e. The molecule has 0 bridgehead atoms. The second kappa shape index (κ2) is 6.91. The molecule has 1 saturated heterocycles. The van der Waals surface area contributed by atoms with Crippen molar-refractivity contribution >= 4 is 17.3 Å². The van der Waals surface area contributed by atoms with Crippen molar-refractivity contribution in [2.45, 2.75) is 25.4 Å². The third-order valence-electron chi connectivity index (χ3n) is 5.07. The van der Waals surface area contributed by atoms with Crippen LogP contribution in [0.15, 0.2) is 29.1 Å². The lowest BCUT2D eigenvalue weighted by Gasteiger charge is -2.37. The van der Waals surface area contributed by atoms with Gasteiger partial charge in [-0.3, -0.25) is 0 Å². The maximum absolute atomic E-state index is 15.4. The van der Waals surface area contributed by atoms with Gasteiger partial charge in [0.15, 0.2) is 23.1 Å². The average molecular weight is 401 g/mol. The SMILES string of the molecule is Cc1ncc(-c2cc(Cl)c(N3CCC(F)(c4nncn4C)CC3)c(C#N)c2)o1. The van der Waals surface area contributed by atoms with Gasteiger partial charge < -0.3 is 13.9 Å². The summed E-state index contributed by atoms with van der Waals surface area (Å²) in [6.45, 7) is 2.58. The first-order valence-electron chi connectivity index (χ1n) is 8.86. The third-order valence-corrected chi connectivity index (χ3v) is 5.36. The van der Waals surface area contributed by atoms with Crippen molar-refractivity contribution in [1.29, 1.82) is 5.26 Å². The Morgan fingerprint density at radius 2 is 2.07 bits per heavy atom. The standard InChI is InChI=1S/C19H18ClFN6O/c1-12-23-10-16(28-12)13-7-14(9-22)17(15(20)8-13)27-5-3-19(21,4-6-27)18-25-24-11-26(18)2/h7-8,10-11H,3-6H2,1-2H3. The Bertz CT molecular complexity index is 1060. The van der Waals surface area contributed by atoms with Crippen LogP contribution in [0, 0.1) is 18.3 Å². The number of aromatic nitrogens is 4. The fourth-order valence-corrected chi connectivity index (χ4v) is 3.98. The first kappa shape index (κ1) is 18.4. The topological polar surface area (TPSA) is 83.8 Å². The summed E-state index contributed by atoms with van der Waals surface area (Å²) in [7, 11) is 1.73. The molecule has 0 N–H and O–H groups in total. The molecule has 0 atom stereocenters. The van der Waals surface area contributed by atoms with Gasteiger partial charge >= 0.3 is 0 Å². The molecule has 3 heterocycles. The van der Waals surface area contributed by atoms with Crippen LogP contribution in [0.4, 0.5) is 10.1 Å². The predicted molar refractivity (Wildman–Crippen MR) is 102 cm³/mol. The summed E-state index contributed by atoms with van der Waals surface area (Å²) in [6, 6.07) is 5.67. The molecular weight excluding hydrogens is 383 g/mol. The van der Waals surface area contributed by atoms with Crippen LogP contribution in [-0.4, -0.2) is 32.8 Å². The quantitative estimate of drug-likeness (QED) is 0.665. The highest BCUT2D eigenvalue weighted by Crippen LogP contribution is 2.41. The Morgan fingerprint density at radius 3 is 2.64 bits per heavy atom. The number of piperidine rings is 1. The number of anilines is 1. The van der Waals surface area contributed by atoms with Crippen LogP contribution in [-0.2, 0) is 12.7 Å². The molecule has 4 rings (SSSR count). The summed E-state index contributed by atoms with van der Waals surface area (Å²) < 4.78 is 22.5. The van der Waals surface area contributed by atoms with Gasteiger partial charge in [-0.1, -0.05) is 11.6 Å². The number of alkyl halides is 1. The zero-order valence-corrected chi connectivity index (χ0v) is 16.2. The molecule has 3 aromatic rings. The lowest BCUT2D eigenvalue weighted by molar-refractivity contribution is 0.109. The van der Waals surface area contributed by atoms with Gasteiger partial charge in [0, 0.05) is 45.5 Å². The second-order valence-electron chi connectivity index (χ2n) is 6.93. The van der Waals surface area contributed by atoms with E-state index in [-0.39, 0.29) is 12.8 Å². The van der Waals surface area contributed by atoms with Gasteiger partial charge in [0.2, 0.25) is 0 Å². The number of nitrogens with zero attached hydrogens (tertiary/aromatic N) is 6. The minimum Gasteiger partial charge on any atom is -0.441 e. The predicted octanol–water partition coefficient (Wildman–Crippen LogP) is 3.77. The van der Waals surface area contributed by atoms with Crippen molar-refractivity contribution in [2.75, 3.05) is 18.0 Å². The molecule has 1 fully saturated rings. The number of rotatable bonds is 3. The Morgan fingerprint density at radius 1 is 1.32 bits per heavy atom. The third kappa shape index (κ3) is 3.12. The molecule has 28 heavy (non-hydrogen) atoms. The van der Waals surface area contributed by atoms with Crippen molar-refractivity contribution in [2.24, 2.45) is 7.05 Å². The van der Waals surface area contributed by atoms with Gasteiger partial charge in [-0.15, -0.1) is 10.2 Å². The van der Waals surface area contributed by atoms with E-state index in [4.69, 9.17) is 16.0 Å². The highest BCUT2D eigenvalue weighted by molar-refractivity contribution is 6.34. The van der Waals surface area contributed by atoms with Crippen LogP contribution < -0.4 is 4.90 Å². The molecule has 7 nitrogen and oxygen atoms in total. The molecule has 1 aliphatic heterocycles. The second-order valence-corrected chi connectivity index (χ2v) is 7.33. The zero-order chi connectivity index (χ0) is 19.9. The highest BCUT2D eigenvalue weighted by Gasteiger charge is 2.40. The summed E-state index contributed by atoms with van der Waals surface area (Å²) >= 11 is 6.52. The van der Waals surface area contributed by atoms with Crippen LogP contribution >= 0.6 is 11.6 Å². The highest BCUT2D eigenvalue weighted by atomic mass is 35.5. The van der Waals surface area contributed by atoms with Crippen LogP contribution in [0.25, 0.3) is 11.3 Å². The van der Waals surface area contributed by atoms with Crippen molar-refractivity contribution in [3.8, 4) is 17.4 Å². The van der Waals surface area contributed by atoms with Crippen molar-refractivity contribution in [1.82, 2.24) is 19.7 Å². The molecule has 0 radical (unpaired) electrons. The van der Waals surface area contributed by atoms with Crippen LogP contribution in [0.2, 0.25) is 5.02 Å². The summed E-state index contributed by atoms with van der Waals surface area (Å²) in [4.78, 5) is 6.03. The number of hydrogen-bond acceptors (Lipinski definition) is 6.